The van der Waals surface area contributed by atoms with Gasteiger partial charge in [0.2, 0.25) is 0 Å². The van der Waals surface area contributed by atoms with Gasteiger partial charge in [-0.1, -0.05) is 36.4 Å². The van der Waals surface area contributed by atoms with Crippen LogP contribution in [0.3, 0.4) is 0 Å². The molecule has 0 spiro atoms. The van der Waals surface area contributed by atoms with Crippen molar-refractivity contribution in [2.75, 3.05) is 23.4 Å². The Morgan fingerprint density at radius 2 is 1.59 bits per heavy atom. The minimum atomic E-state index is -0.342. The molecule has 2 aliphatic heterocycles. The van der Waals surface area contributed by atoms with Gasteiger partial charge < -0.3 is 14.8 Å². The molecule has 0 bridgehead atoms. The van der Waals surface area contributed by atoms with E-state index in [1.165, 1.54) is 0 Å². The normalized spacial score (nSPS) is 17.9. The van der Waals surface area contributed by atoms with Crippen molar-refractivity contribution in [3.63, 3.8) is 0 Å². The lowest BCUT2D eigenvalue weighted by Gasteiger charge is -2.38. The first-order valence-electron chi connectivity index (χ1n) is 8.95. The summed E-state index contributed by atoms with van der Waals surface area (Å²) in [6.07, 6.45) is -0.342. The predicted molar refractivity (Wildman–Crippen MR) is 103 cm³/mol. The average molecular weight is 358 g/mol. The minimum absolute atomic E-state index is 0.0320. The van der Waals surface area contributed by atoms with Crippen LogP contribution in [0.5, 0.6) is 11.5 Å². The number of hydrogen-bond acceptors (Lipinski definition) is 4. The van der Waals surface area contributed by atoms with E-state index in [1.807, 2.05) is 72.8 Å². The van der Waals surface area contributed by atoms with Crippen LogP contribution in [0.25, 0.3) is 0 Å². The number of para-hydroxylation sites is 2. The molecule has 27 heavy (non-hydrogen) atoms. The monoisotopic (exact) mass is 358 g/mol. The van der Waals surface area contributed by atoms with Crippen LogP contribution in [0.1, 0.15) is 22.1 Å². The van der Waals surface area contributed by atoms with Crippen LogP contribution < -0.4 is 19.7 Å². The Kier molecular flexibility index (Phi) is 3.71. The van der Waals surface area contributed by atoms with Crippen molar-refractivity contribution >= 4 is 17.3 Å². The Labute approximate surface area is 157 Å². The van der Waals surface area contributed by atoms with Crippen molar-refractivity contribution in [2.45, 2.75) is 6.17 Å². The second-order valence-electron chi connectivity index (χ2n) is 6.51. The zero-order valence-corrected chi connectivity index (χ0v) is 14.6. The van der Waals surface area contributed by atoms with E-state index in [0.717, 1.165) is 22.7 Å². The van der Waals surface area contributed by atoms with Crippen LogP contribution in [-0.2, 0) is 0 Å². The fourth-order valence-electron chi connectivity index (χ4n) is 3.57. The van der Waals surface area contributed by atoms with Gasteiger partial charge >= 0.3 is 0 Å². The first kappa shape index (κ1) is 15.8. The molecule has 0 radical (unpaired) electrons. The van der Waals surface area contributed by atoms with E-state index in [4.69, 9.17) is 9.47 Å². The molecule has 134 valence electrons. The van der Waals surface area contributed by atoms with Gasteiger partial charge in [-0.05, 0) is 42.0 Å². The number of rotatable bonds is 2. The molecular formula is C22H18N2O3. The molecule has 0 aliphatic carbocycles. The fourth-order valence-corrected chi connectivity index (χ4v) is 3.57. The van der Waals surface area contributed by atoms with Gasteiger partial charge in [0.15, 0.2) is 11.5 Å². The van der Waals surface area contributed by atoms with Crippen LogP contribution in [0.2, 0.25) is 0 Å². The van der Waals surface area contributed by atoms with Gasteiger partial charge in [0.25, 0.3) is 5.91 Å². The summed E-state index contributed by atoms with van der Waals surface area (Å²) in [6, 6.07) is 23.1. The SMILES string of the molecule is O=C1c2ccccc2N[C@@H](c2ccc3c(c2)OCCO3)N1c1ccccc1. The zero-order valence-electron chi connectivity index (χ0n) is 14.6. The number of amides is 1. The standard InChI is InChI=1S/C22H18N2O3/c25-22-17-8-4-5-9-18(17)23-21(24(22)16-6-2-1-3-7-16)15-10-11-19-20(14-15)27-13-12-26-19/h1-11,14,21,23H,12-13H2/t21-/m1/s1. The molecule has 5 nitrogen and oxygen atoms in total. The number of anilines is 2. The number of fused-ring (bicyclic) bond motifs is 2. The molecule has 5 rings (SSSR count). The molecule has 2 aliphatic rings. The van der Waals surface area contributed by atoms with Gasteiger partial charge in [-0.3, -0.25) is 9.69 Å². The van der Waals surface area contributed by atoms with E-state index in [0.29, 0.717) is 24.5 Å². The van der Waals surface area contributed by atoms with Crippen molar-refractivity contribution in [1.82, 2.24) is 0 Å². The number of nitrogens with one attached hydrogen (secondary N) is 1. The zero-order chi connectivity index (χ0) is 18.2. The third kappa shape index (κ3) is 2.68. The van der Waals surface area contributed by atoms with Crippen molar-refractivity contribution in [3.05, 3.63) is 83.9 Å². The third-order valence-electron chi connectivity index (χ3n) is 4.84. The maximum atomic E-state index is 13.3. The number of hydrogen-bond donors (Lipinski definition) is 1. The molecule has 0 aromatic heterocycles. The highest BCUT2D eigenvalue weighted by Crippen LogP contribution is 2.39. The first-order valence-corrected chi connectivity index (χ1v) is 8.95. The number of ether oxygens (including phenoxy) is 2. The van der Waals surface area contributed by atoms with Gasteiger partial charge in [0, 0.05) is 11.4 Å². The number of benzene rings is 3. The Hall–Kier alpha value is -3.47. The molecule has 1 atom stereocenters. The molecule has 0 fully saturated rings. The summed E-state index contributed by atoms with van der Waals surface area (Å²) in [7, 11) is 0. The molecule has 1 N–H and O–H groups in total. The molecule has 3 aromatic rings. The van der Waals surface area contributed by atoms with Crippen molar-refractivity contribution in [3.8, 4) is 11.5 Å². The first-order chi connectivity index (χ1) is 13.3. The van der Waals surface area contributed by atoms with Crippen molar-refractivity contribution in [1.29, 1.82) is 0 Å². The maximum absolute atomic E-state index is 13.3. The summed E-state index contributed by atoms with van der Waals surface area (Å²) < 4.78 is 11.4. The topological polar surface area (TPSA) is 50.8 Å². The van der Waals surface area contributed by atoms with Crippen LogP contribution in [0, 0.1) is 0 Å². The van der Waals surface area contributed by atoms with Crippen LogP contribution >= 0.6 is 0 Å². The lowest BCUT2D eigenvalue weighted by atomic mass is 10.0. The number of carbonyl (C=O) groups excluding carboxylic acids is 1. The Morgan fingerprint density at radius 1 is 0.852 bits per heavy atom. The van der Waals surface area contributed by atoms with Crippen LogP contribution in [0.4, 0.5) is 11.4 Å². The molecule has 2 heterocycles. The number of carbonyl (C=O) groups is 1. The lowest BCUT2D eigenvalue weighted by molar-refractivity contribution is 0.0974. The van der Waals surface area contributed by atoms with Crippen LogP contribution in [0.15, 0.2) is 72.8 Å². The smallest absolute Gasteiger partial charge is 0.262 e. The summed E-state index contributed by atoms with van der Waals surface area (Å²) in [5, 5.41) is 3.51. The quantitative estimate of drug-likeness (QED) is 0.745. The molecule has 0 unspecified atom stereocenters. The predicted octanol–water partition coefficient (Wildman–Crippen LogP) is 4.23. The van der Waals surface area contributed by atoms with Gasteiger partial charge in [0.05, 0.1) is 5.56 Å². The van der Waals surface area contributed by atoms with E-state index >= 15 is 0 Å². The Morgan fingerprint density at radius 3 is 2.44 bits per heavy atom. The molecule has 5 heteroatoms. The highest BCUT2D eigenvalue weighted by molar-refractivity contribution is 6.12. The minimum Gasteiger partial charge on any atom is -0.486 e. The largest absolute Gasteiger partial charge is 0.486 e. The van der Waals surface area contributed by atoms with Crippen molar-refractivity contribution in [2.24, 2.45) is 0 Å². The van der Waals surface area contributed by atoms with Gasteiger partial charge in [-0.15, -0.1) is 0 Å². The third-order valence-corrected chi connectivity index (χ3v) is 4.84. The Bertz CT molecular complexity index is 1000. The molecule has 1 amide bonds. The second-order valence-corrected chi connectivity index (χ2v) is 6.51. The van der Waals surface area contributed by atoms with Gasteiger partial charge in [-0.2, -0.15) is 0 Å². The lowest BCUT2D eigenvalue weighted by Crippen LogP contribution is -2.43. The molecule has 0 saturated carbocycles. The summed E-state index contributed by atoms with van der Waals surface area (Å²) >= 11 is 0. The molecule has 0 saturated heterocycles. The van der Waals surface area contributed by atoms with Crippen LogP contribution in [-0.4, -0.2) is 19.1 Å². The van der Waals surface area contributed by atoms with Gasteiger partial charge in [-0.25, -0.2) is 0 Å². The summed E-state index contributed by atoms with van der Waals surface area (Å²) in [5.41, 5.74) is 3.26. The fraction of sp³-hybridized carbons (Fsp3) is 0.136. The molecular weight excluding hydrogens is 340 g/mol. The number of nitrogens with zero attached hydrogens (tertiary/aromatic N) is 1. The summed E-state index contributed by atoms with van der Waals surface area (Å²) in [5.74, 6) is 1.41. The van der Waals surface area contributed by atoms with E-state index in [-0.39, 0.29) is 12.1 Å². The Balaban J connectivity index is 1.63. The highest BCUT2D eigenvalue weighted by Gasteiger charge is 2.34. The second kappa shape index (κ2) is 6.36. The highest BCUT2D eigenvalue weighted by atomic mass is 16.6. The van der Waals surface area contributed by atoms with Crippen molar-refractivity contribution < 1.29 is 14.3 Å². The molecule has 3 aromatic carbocycles. The van der Waals surface area contributed by atoms with E-state index in [1.54, 1.807) is 4.90 Å². The average Bonchev–Trinajstić information content (AvgIpc) is 2.74. The van der Waals surface area contributed by atoms with E-state index < -0.39 is 0 Å². The summed E-state index contributed by atoms with van der Waals surface area (Å²) in [4.78, 5) is 15.1. The van der Waals surface area contributed by atoms with Gasteiger partial charge in [0.1, 0.15) is 19.4 Å². The van der Waals surface area contributed by atoms with E-state index in [9.17, 15) is 4.79 Å². The van der Waals surface area contributed by atoms with E-state index in [2.05, 4.69) is 5.32 Å². The summed E-state index contributed by atoms with van der Waals surface area (Å²) in [6.45, 7) is 1.08. The maximum Gasteiger partial charge on any atom is 0.262 e.